The monoisotopic (exact) mass is 305 g/mol. The predicted octanol–water partition coefficient (Wildman–Crippen LogP) is 2.75. The zero-order valence-corrected chi connectivity index (χ0v) is 13.2. The molecule has 0 radical (unpaired) electrons. The smallest absolute Gasteiger partial charge is 0.238 e. The minimum Gasteiger partial charge on any atom is -0.495 e. The molecular weight excluding hydrogens is 286 g/mol. The molecule has 2 rings (SSSR count). The van der Waals surface area contributed by atoms with Gasteiger partial charge in [0, 0.05) is 11.1 Å². The van der Waals surface area contributed by atoms with Gasteiger partial charge in [0.25, 0.3) is 0 Å². The van der Waals surface area contributed by atoms with Crippen LogP contribution in [0.25, 0.3) is 0 Å². The van der Waals surface area contributed by atoms with Crippen molar-refractivity contribution in [3.05, 3.63) is 40.3 Å². The number of ether oxygens (including phenoxy) is 1. The molecule has 0 spiro atoms. The molecule has 0 saturated heterocycles. The van der Waals surface area contributed by atoms with Gasteiger partial charge in [-0.15, -0.1) is 11.3 Å². The molecule has 5 nitrogen and oxygen atoms in total. The number of nitrogens with one attached hydrogen (secondary N) is 2. The van der Waals surface area contributed by atoms with E-state index in [4.69, 9.17) is 4.74 Å². The lowest BCUT2D eigenvalue weighted by atomic mass is 10.3. The molecule has 1 unspecified atom stereocenters. The lowest BCUT2D eigenvalue weighted by molar-refractivity contribution is -0.115. The molecule has 2 N–H and O–H groups in total. The third kappa shape index (κ3) is 4.27. The quantitative estimate of drug-likeness (QED) is 0.861. The van der Waals surface area contributed by atoms with Crippen LogP contribution in [0.5, 0.6) is 5.75 Å². The van der Waals surface area contributed by atoms with Gasteiger partial charge >= 0.3 is 0 Å². The SMILES string of the molecule is COc1ccccc1NC(=O)CNC(C)c1ncc(C)s1. The maximum atomic E-state index is 12.0. The number of carbonyl (C=O) groups excluding carboxylic acids is 1. The summed E-state index contributed by atoms with van der Waals surface area (Å²) < 4.78 is 5.20. The van der Waals surface area contributed by atoms with Crippen LogP contribution in [0, 0.1) is 6.92 Å². The van der Waals surface area contributed by atoms with Crippen LogP contribution in [-0.2, 0) is 4.79 Å². The van der Waals surface area contributed by atoms with Crippen molar-refractivity contribution in [1.82, 2.24) is 10.3 Å². The topological polar surface area (TPSA) is 63.2 Å². The summed E-state index contributed by atoms with van der Waals surface area (Å²) in [4.78, 5) is 17.4. The molecule has 0 fully saturated rings. The Balaban J connectivity index is 1.87. The first kappa shape index (κ1) is 15.5. The van der Waals surface area contributed by atoms with Gasteiger partial charge in [-0.2, -0.15) is 0 Å². The standard InChI is InChI=1S/C15H19N3O2S/c1-10-8-17-15(21-10)11(2)16-9-14(19)18-12-6-4-5-7-13(12)20-3/h4-8,11,16H,9H2,1-3H3,(H,18,19). The van der Waals surface area contributed by atoms with E-state index in [1.54, 1.807) is 18.4 Å². The van der Waals surface area contributed by atoms with Crippen molar-refractivity contribution in [3.63, 3.8) is 0 Å². The number of rotatable bonds is 6. The molecule has 1 heterocycles. The van der Waals surface area contributed by atoms with E-state index >= 15 is 0 Å². The molecule has 1 aromatic heterocycles. The molecule has 6 heteroatoms. The van der Waals surface area contributed by atoms with E-state index in [-0.39, 0.29) is 18.5 Å². The van der Waals surface area contributed by atoms with Crippen LogP contribution < -0.4 is 15.4 Å². The molecular formula is C15H19N3O2S. The highest BCUT2D eigenvalue weighted by Gasteiger charge is 2.12. The molecule has 21 heavy (non-hydrogen) atoms. The average Bonchev–Trinajstić information content (AvgIpc) is 2.92. The first-order valence-corrected chi connectivity index (χ1v) is 7.50. The van der Waals surface area contributed by atoms with Crippen molar-refractivity contribution in [2.24, 2.45) is 0 Å². The minimum absolute atomic E-state index is 0.0483. The normalized spacial score (nSPS) is 12.0. The van der Waals surface area contributed by atoms with Crippen LogP contribution >= 0.6 is 11.3 Å². The number of para-hydroxylation sites is 2. The predicted molar refractivity (Wildman–Crippen MR) is 84.9 cm³/mol. The van der Waals surface area contributed by atoms with Gasteiger partial charge in [-0.1, -0.05) is 12.1 Å². The lowest BCUT2D eigenvalue weighted by Crippen LogP contribution is -2.30. The summed E-state index contributed by atoms with van der Waals surface area (Å²) >= 11 is 1.63. The Hall–Kier alpha value is -1.92. The Morgan fingerprint density at radius 3 is 2.86 bits per heavy atom. The minimum atomic E-state index is -0.111. The van der Waals surface area contributed by atoms with Gasteiger partial charge in [0.2, 0.25) is 5.91 Å². The maximum absolute atomic E-state index is 12.0. The van der Waals surface area contributed by atoms with Gasteiger partial charge in [0.15, 0.2) is 0 Å². The lowest BCUT2D eigenvalue weighted by Gasteiger charge is -2.12. The Kier molecular flexibility index (Phi) is 5.30. The van der Waals surface area contributed by atoms with E-state index in [2.05, 4.69) is 15.6 Å². The number of benzene rings is 1. The first-order chi connectivity index (χ1) is 10.1. The third-order valence-corrected chi connectivity index (χ3v) is 4.05. The second-order valence-electron chi connectivity index (χ2n) is 4.66. The zero-order chi connectivity index (χ0) is 15.2. The fourth-order valence-corrected chi connectivity index (χ4v) is 2.65. The van der Waals surface area contributed by atoms with E-state index in [0.29, 0.717) is 11.4 Å². The number of hydrogen-bond donors (Lipinski definition) is 2. The Bertz CT molecular complexity index is 612. The molecule has 0 saturated carbocycles. The number of thiazole rings is 1. The summed E-state index contributed by atoms with van der Waals surface area (Å²) in [7, 11) is 1.58. The first-order valence-electron chi connectivity index (χ1n) is 6.68. The van der Waals surface area contributed by atoms with E-state index < -0.39 is 0 Å². The van der Waals surface area contributed by atoms with Crippen LogP contribution in [0.4, 0.5) is 5.69 Å². The van der Waals surface area contributed by atoms with Crippen LogP contribution in [0.1, 0.15) is 22.9 Å². The summed E-state index contributed by atoms with van der Waals surface area (Å²) in [6.45, 7) is 4.23. The van der Waals surface area contributed by atoms with Gasteiger partial charge in [-0.25, -0.2) is 4.98 Å². The highest BCUT2D eigenvalue weighted by atomic mass is 32.1. The Morgan fingerprint density at radius 1 is 1.43 bits per heavy atom. The van der Waals surface area contributed by atoms with Gasteiger partial charge in [0.05, 0.1) is 25.4 Å². The van der Waals surface area contributed by atoms with Crippen molar-refractivity contribution in [3.8, 4) is 5.75 Å². The zero-order valence-electron chi connectivity index (χ0n) is 12.3. The highest BCUT2D eigenvalue weighted by Crippen LogP contribution is 2.23. The Morgan fingerprint density at radius 2 is 2.19 bits per heavy atom. The van der Waals surface area contributed by atoms with Crippen molar-refractivity contribution >= 4 is 22.9 Å². The molecule has 0 aliphatic heterocycles. The number of nitrogens with zero attached hydrogens (tertiary/aromatic N) is 1. The molecule has 0 bridgehead atoms. The number of carbonyl (C=O) groups is 1. The van der Waals surface area contributed by atoms with Crippen LogP contribution in [0.3, 0.4) is 0 Å². The molecule has 2 aromatic rings. The van der Waals surface area contributed by atoms with Crippen molar-refractivity contribution in [1.29, 1.82) is 0 Å². The van der Waals surface area contributed by atoms with Crippen LogP contribution in [0.15, 0.2) is 30.5 Å². The number of hydrogen-bond acceptors (Lipinski definition) is 5. The number of aryl methyl sites for hydroxylation is 1. The number of aromatic nitrogens is 1. The number of methoxy groups -OCH3 is 1. The van der Waals surface area contributed by atoms with Crippen LogP contribution in [-0.4, -0.2) is 24.5 Å². The van der Waals surface area contributed by atoms with Crippen molar-refractivity contribution in [2.45, 2.75) is 19.9 Å². The maximum Gasteiger partial charge on any atom is 0.238 e. The van der Waals surface area contributed by atoms with Crippen LogP contribution in [0.2, 0.25) is 0 Å². The largest absolute Gasteiger partial charge is 0.495 e. The second kappa shape index (κ2) is 7.19. The van der Waals surface area contributed by atoms with Gasteiger partial charge in [0.1, 0.15) is 10.8 Å². The highest BCUT2D eigenvalue weighted by molar-refractivity contribution is 7.11. The summed E-state index contributed by atoms with van der Waals surface area (Å²) in [5, 5.41) is 6.98. The van der Waals surface area contributed by atoms with E-state index in [1.165, 1.54) is 0 Å². The summed E-state index contributed by atoms with van der Waals surface area (Å²) in [5.74, 6) is 0.536. The van der Waals surface area contributed by atoms with Gasteiger partial charge < -0.3 is 10.1 Å². The van der Waals surface area contributed by atoms with E-state index in [9.17, 15) is 4.79 Å². The second-order valence-corrected chi connectivity index (χ2v) is 5.93. The molecule has 0 aliphatic carbocycles. The van der Waals surface area contributed by atoms with Crippen molar-refractivity contribution in [2.75, 3.05) is 19.0 Å². The number of anilines is 1. The fourth-order valence-electron chi connectivity index (χ4n) is 1.85. The molecule has 1 amide bonds. The number of amides is 1. The fraction of sp³-hybridized carbons (Fsp3) is 0.333. The summed E-state index contributed by atoms with van der Waals surface area (Å²) in [6, 6.07) is 7.38. The summed E-state index contributed by atoms with van der Waals surface area (Å²) in [6.07, 6.45) is 1.84. The molecule has 0 aliphatic rings. The average molecular weight is 305 g/mol. The van der Waals surface area contributed by atoms with E-state index in [1.807, 2.05) is 44.3 Å². The van der Waals surface area contributed by atoms with Gasteiger partial charge in [-0.05, 0) is 26.0 Å². The summed E-state index contributed by atoms with van der Waals surface area (Å²) in [5.41, 5.74) is 0.671. The molecule has 1 aromatic carbocycles. The van der Waals surface area contributed by atoms with E-state index in [0.717, 1.165) is 9.88 Å². The Labute approximate surface area is 128 Å². The van der Waals surface area contributed by atoms with Gasteiger partial charge in [-0.3, -0.25) is 10.1 Å². The molecule has 1 atom stereocenters. The molecule has 112 valence electrons. The third-order valence-electron chi connectivity index (χ3n) is 2.96. The van der Waals surface area contributed by atoms with Crippen molar-refractivity contribution < 1.29 is 9.53 Å².